The molecular formula is C6H10O5S. The summed E-state index contributed by atoms with van der Waals surface area (Å²) in [5.74, 6) is -2.17. The number of rotatable bonds is 4. The van der Waals surface area contributed by atoms with Crippen molar-refractivity contribution < 1.29 is 24.5 Å². The molecule has 0 fully saturated rings. The van der Waals surface area contributed by atoms with Crippen LogP contribution in [-0.4, -0.2) is 39.9 Å². The third kappa shape index (κ3) is 3.59. The first-order valence-corrected chi connectivity index (χ1v) is 4.42. The SMILES string of the molecule is CSC(OC(=O)C(C)O)C(=O)O. The van der Waals surface area contributed by atoms with Crippen LogP contribution in [0.1, 0.15) is 6.92 Å². The summed E-state index contributed by atoms with van der Waals surface area (Å²) in [6.45, 7) is 1.21. The van der Waals surface area contributed by atoms with Gasteiger partial charge in [-0.15, -0.1) is 11.8 Å². The maximum Gasteiger partial charge on any atom is 0.355 e. The van der Waals surface area contributed by atoms with Crippen LogP contribution in [0.5, 0.6) is 0 Å². The second kappa shape index (κ2) is 5.00. The molecule has 2 atom stereocenters. The molecule has 6 heteroatoms. The van der Waals surface area contributed by atoms with E-state index in [4.69, 9.17) is 10.2 Å². The van der Waals surface area contributed by atoms with Crippen molar-refractivity contribution in [2.75, 3.05) is 6.26 Å². The number of aliphatic carboxylic acids is 1. The average Bonchev–Trinajstić information content (AvgIpc) is 1.98. The molecule has 0 heterocycles. The average molecular weight is 194 g/mol. The Bertz CT molecular complexity index is 179. The van der Waals surface area contributed by atoms with Crippen LogP contribution in [-0.2, 0) is 14.3 Å². The van der Waals surface area contributed by atoms with E-state index in [0.717, 1.165) is 11.8 Å². The lowest BCUT2D eigenvalue weighted by atomic mass is 10.4. The number of hydrogen-bond donors (Lipinski definition) is 2. The molecule has 70 valence electrons. The highest BCUT2D eigenvalue weighted by atomic mass is 32.2. The van der Waals surface area contributed by atoms with Crippen LogP contribution >= 0.6 is 11.8 Å². The van der Waals surface area contributed by atoms with Gasteiger partial charge >= 0.3 is 11.9 Å². The minimum Gasteiger partial charge on any atom is -0.478 e. The van der Waals surface area contributed by atoms with E-state index in [1.807, 2.05) is 0 Å². The zero-order valence-corrected chi connectivity index (χ0v) is 7.50. The van der Waals surface area contributed by atoms with Crippen molar-refractivity contribution >= 4 is 23.7 Å². The fourth-order valence-corrected chi connectivity index (χ4v) is 0.796. The molecule has 0 radical (unpaired) electrons. The smallest absolute Gasteiger partial charge is 0.355 e. The molecule has 0 amide bonds. The third-order valence-corrected chi connectivity index (χ3v) is 1.71. The normalized spacial score (nSPS) is 14.9. The summed E-state index contributed by atoms with van der Waals surface area (Å²) in [5.41, 5.74) is -1.24. The van der Waals surface area contributed by atoms with Gasteiger partial charge in [0.15, 0.2) is 0 Å². The first kappa shape index (κ1) is 11.2. The first-order valence-electron chi connectivity index (χ1n) is 3.13. The van der Waals surface area contributed by atoms with Crippen LogP contribution in [0.4, 0.5) is 0 Å². The molecule has 0 bridgehead atoms. The van der Waals surface area contributed by atoms with Gasteiger partial charge in [-0.05, 0) is 13.2 Å². The van der Waals surface area contributed by atoms with Gasteiger partial charge in [-0.1, -0.05) is 0 Å². The lowest BCUT2D eigenvalue weighted by Gasteiger charge is -2.11. The van der Waals surface area contributed by atoms with E-state index in [-0.39, 0.29) is 0 Å². The molecule has 0 spiro atoms. The van der Waals surface area contributed by atoms with E-state index in [1.165, 1.54) is 13.2 Å². The lowest BCUT2D eigenvalue weighted by Crippen LogP contribution is -2.28. The van der Waals surface area contributed by atoms with Crippen LogP contribution in [0.2, 0.25) is 0 Å². The molecule has 0 saturated carbocycles. The molecule has 0 saturated heterocycles. The zero-order chi connectivity index (χ0) is 9.72. The van der Waals surface area contributed by atoms with Gasteiger partial charge in [0.1, 0.15) is 6.10 Å². The monoisotopic (exact) mass is 194 g/mol. The molecule has 2 N–H and O–H groups in total. The van der Waals surface area contributed by atoms with Gasteiger partial charge < -0.3 is 14.9 Å². The Hall–Kier alpha value is -0.750. The quantitative estimate of drug-likeness (QED) is 0.471. The van der Waals surface area contributed by atoms with Crippen molar-refractivity contribution in [3.05, 3.63) is 0 Å². The summed E-state index contributed by atoms with van der Waals surface area (Å²) in [6.07, 6.45) is 0.202. The number of esters is 1. The predicted molar refractivity (Wildman–Crippen MR) is 42.7 cm³/mol. The van der Waals surface area contributed by atoms with Crippen molar-refractivity contribution in [1.82, 2.24) is 0 Å². The fraction of sp³-hybridized carbons (Fsp3) is 0.667. The number of carbonyl (C=O) groups is 2. The van der Waals surface area contributed by atoms with Crippen LogP contribution in [0.25, 0.3) is 0 Å². The maximum absolute atomic E-state index is 10.7. The summed E-state index contributed by atoms with van der Waals surface area (Å²) >= 11 is 0.870. The number of carboxylic acids is 1. The van der Waals surface area contributed by atoms with Crippen LogP contribution in [0.15, 0.2) is 0 Å². The second-order valence-corrected chi connectivity index (χ2v) is 2.92. The molecule has 0 aromatic heterocycles. The van der Waals surface area contributed by atoms with Crippen molar-refractivity contribution in [3.8, 4) is 0 Å². The maximum atomic E-state index is 10.7. The Labute approximate surface area is 73.7 Å². The number of carbonyl (C=O) groups excluding carboxylic acids is 1. The highest BCUT2D eigenvalue weighted by Crippen LogP contribution is 2.09. The first-order chi connectivity index (χ1) is 5.49. The predicted octanol–water partition coefficient (Wildman–Crippen LogP) is -0.316. The largest absolute Gasteiger partial charge is 0.478 e. The van der Waals surface area contributed by atoms with Crippen LogP contribution in [0, 0.1) is 0 Å². The Kier molecular flexibility index (Phi) is 4.68. The van der Waals surface area contributed by atoms with E-state index in [9.17, 15) is 9.59 Å². The molecule has 0 aliphatic heterocycles. The van der Waals surface area contributed by atoms with Gasteiger partial charge in [0.05, 0.1) is 0 Å². The second-order valence-electron chi connectivity index (χ2n) is 2.02. The Morgan fingerprint density at radius 3 is 2.25 bits per heavy atom. The number of carboxylic acid groups (broad SMARTS) is 1. The van der Waals surface area contributed by atoms with E-state index in [2.05, 4.69) is 4.74 Å². The van der Waals surface area contributed by atoms with Gasteiger partial charge in [-0.3, -0.25) is 0 Å². The highest BCUT2D eigenvalue weighted by Gasteiger charge is 2.22. The van der Waals surface area contributed by atoms with Gasteiger partial charge in [-0.2, -0.15) is 0 Å². The van der Waals surface area contributed by atoms with Gasteiger partial charge in [0, 0.05) is 0 Å². The highest BCUT2D eigenvalue weighted by molar-refractivity contribution is 7.99. The van der Waals surface area contributed by atoms with Crippen molar-refractivity contribution in [1.29, 1.82) is 0 Å². The summed E-state index contributed by atoms with van der Waals surface area (Å²) < 4.78 is 4.40. The van der Waals surface area contributed by atoms with Crippen LogP contribution in [0.3, 0.4) is 0 Å². The Balaban J connectivity index is 4.03. The molecule has 5 nitrogen and oxygen atoms in total. The summed E-state index contributed by atoms with van der Waals surface area (Å²) in [5, 5.41) is 17.1. The number of hydrogen-bond acceptors (Lipinski definition) is 5. The van der Waals surface area contributed by atoms with E-state index in [0.29, 0.717) is 0 Å². The third-order valence-electron chi connectivity index (χ3n) is 0.980. The number of ether oxygens (including phenoxy) is 1. The summed E-state index contributed by atoms with van der Waals surface area (Å²) in [6, 6.07) is 0. The van der Waals surface area contributed by atoms with Crippen molar-refractivity contribution in [3.63, 3.8) is 0 Å². The fourth-order valence-electron chi connectivity index (χ4n) is 0.403. The molecule has 0 aromatic rings. The molecular weight excluding hydrogens is 184 g/mol. The van der Waals surface area contributed by atoms with Gasteiger partial charge in [-0.25, -0.2) is 9.59 Å². The standard InChI is InChI=1S/C6H10O5S/c1-3(7)5(10)11-6(12-2)4(8)9/h3,6-7H,1-2H3,(H,8,9). The summed E-state index contributed by atoms with van der Waals surface area (Å²) in [4.78, 5) is 21.0. The Morgan fingerprint density at radius 2 is 2.00 bits per heavy atom. The Morgan fingerprint density at radius 1 is 1.50 bits per heavy atom. The van der Waals surface area contributed by atoms with Gasteiger partial charge in [0.25, 0.3) is 0 Å². The van der Waals surface area contributed by atoms with E-state index < -0.39 is 23.5 Å². The lowest BCUT2D eigenvalue weighted by molar-refractivity contribution is -0.163. The molecule has 0 aliphatic carbocycles. The number of aliphatic hydroxyl groups excluding tert-OH is 1. The van der Waals surface area contributed by atoms with Gasteiger partial charge in [0.2, 0.25) is 5.44 Å². The van der Waals surface area contributed by atoms with E-state index in [1.54, 1.807) is 0 Å². The zero-order valence-electron chi connectivity index (χ0n) is 6.68. The minimum absolute atomic E-state index is 0.870. The molecule has 12 heavy (non-hydrogen) atoms. The molecule has 2 unspecified atom stereocenters. The molecule has 0 aliphatic rings. The van der Waals surface area contributed by atoms with Crippen LogP contribution < -0.4 is 0 Å². The minimum atomic E-state index is -1.29. The van der Waals surface area contributed by atoms with Crippen molar-refractivity contribution in [2.45, 2.75) is 18.5 Å². The molecule has 0 aromatic carbocycles. The number of aliphatic hydroxyl groups is 1. The summed E-state index contributed by atoms with van der Waals surface area (Å²) in [7, 11) is 0. The molecule has 0 rings (SSSR count). The number of thioether (sulfide) groups is 1. The van der Waals surface area contributed by atoms with E-state index >= 15 is 0 Å². The van der Waals surface area contributed by atoms with Crippen molar-refractivity contribution in [2.24, 2.45) is 0 Å². The topological polar surface area (TPSA) is 83.8 Å².